The number of aliphatic carboxylic acids is 1. The van der Waals surface area contributed by atoms with Crippen LogP contribution >= 0.6 is 0 Å². The highest BCUT2D eigenvalue weighted by molar-refractivity contribution is 5.89. The Hall–Kier alpha value is -3.72. The first-order valence-electron chi connectivity index (χ1n) is 15.3. The average molecular weight is 675 g/mol. The number of amides is 2. The number of alkyl halides is 6. The van der Waals surface area contributed by atoms with Gasteiger partial charge in [0.25, 0.3) is 0 Å². The number of hydrogen-bond donors (Lipinski definition) is 3. The van der Waals surface area contributed by atoms with Gasteiger partial charge in [-0.1, -0.05) is 12.1 Å². The number of benzene rings is 2. The number of urea groups is 1. The zero-order valence-corrected chi connectivity index (χ0v) is 26.4. The summed E-state index contributed by atoms with van der Waals surface area (Å²) in [5.74, 6) is -1.34. The molecule has 3 N–H and O–H groups in total. The molecule has 0 spiro atoms. The quantitative estimate of drug-likeness (QED) is 0.317. The standard InChI is InChI=1S/C30H39F3N4O3.C2HF3O2/c1-36-14-10-24(11-15-36)37-16-13-29(20-7-8-25(39-2)26(18-20)40-3)12-9-23(19-27(29)37)35-28(38)34-22-6-4-5-21(17-22)30(31,32)33;3-2(4,5)1(6)7/h4-8,17-18,23-24,27H,9-16,19H2,1-3H3,(H2,34,35,38);(H,6,7). The predicted octanol–water partition coefficient (Wildman–Crippen LogP) is 6.14. The van der Waals surface area contributed by atoms with Crippen LogP contribution in [0.4, 0.5) is 36.8 Å². The number of methoxy groups -OCH3 is 2. The van der Waals surface area contributed by atoms with Crippen LogP contribution in [0.3, 0.4) is 0 Å². The van der Waals surface area contributed by atoms with E-state index in [9.17, 15) is 31.1 Å². The van der Waals surface area contributed by atoms with Gasteiger partial charge in [-0.2, -0.15) is 26.3 Å². The topological polar surface area (TPSA) is 103 Å². The molecule has 2 amide bonds. The average Bonchev–Trinajstić information content (AvgIpc) is 3.40. The number of likely N-dealkylation sites (tertiary alicyclic amines) is 2. The van der Waals surface area contributed by atoms with Gasteiger partial charge < -0.3 is 30.1 Å². The highest BCUT2D eigenvalue weighted by Gasteiger charge is 2.53. The molecular weight excluding hydrogens is 634 g/mol. The van der Waals surface area contributed by atoms with E-state index in [-0.39, 0.29) is 23.2 Å². The summed E-state index contributed by atoms with van der Waals surface area (Å²) in [4.78, 5) is 26.8. The highest BCUT2D eigenvalue weighted by atomic mass is 19.4. The second kappa shape index (κ2) is 14.6. The number of fused-ring (bicyclic) bond motifs is 1. The van der Waals surface area contributed by atoms with Crippen molar-refractivity contribution >= 4 is 17.7 Å². The number of carboxylic acids is 1. The number of anilines is 1. The van der Waals surface area contributed by atoms with E-state index < -0.39 is 29.9 Å². The summed E-state index contributed by atoms with van der Waals surface area (Å²) >= 11 is 0. The van der Waals surface area contributed by atoms with Crippen molar-refractivity contribution in [1.29, 1.82) is 0 Å². The SMILES string of the molecule is COc1ccc(C23CCC(NC(=O)Nc4cccc(C(F)(F)F)c4)CC2N(C2CCN(C)CC2)CC3)cc1OC.O=C(O)C(F)(F)F. The summed E-state index contributed by atoms with van der Waals surface area (Å²) < 4.78 is 82.3. The van der Waals surface area contributed by atoms with Gasteiger partial charge in [0.1, 0.15) is 0 Å². The Kier molecular flexibility index (Phi) is 11.2. The first-order valence-corrected chi connectivity index (χ1v) is 15.3. The Labute approximate surface area is 269 Å². The molecule has 47 heavy (non-hydrogen) atoms. The molecule has 2 saturated heterocycles. The summed E-state index contributed by atoms with van der Waals surface area (Å²) in [5.41, 5.74) is 0.495. The van der Waals surface area contributed by atoms with Crippen molar-refractivity contribution in [1.82, 2.24) is 15.1 Å². The minimum absolute atomic E-state index is 0.0708. The molecule has 2 aromatic rings. The number of carboxylic acid groups (broad SMARTS) is 1. The van der Waals surface area contributed by atoms with Crippen molar-refractivity contribution < 1.29 is 50.5 Å². The summed E-state index contributed by atoms with van der Waals surface area (Å²) in [5, 5.41) is 12.8. The Morgan fingerprint density at radius 1 is 0.915 bits per heavy atom. The normalized spacial score (nSPS) is 24.0. The molecule has 3 unspecified atom stereocenters. The van der Waals surface area contributed by atoms with Crippen LogP contribution in [0.5, 0.6) is 11.5 Å². The van der Waals surface area contributed by atoms with Gasteiger partial charge in [0.15, 0.2) is 11.5 Å². The maximum atomic E-state index is 13.1. The first-order chi connectivity index (χ1) is 22.1. The number of nitrogens with one attached hydrogen (secondary N) is 2. The minimum atomic E-state index is -5.08. The third-order valence-electron chi connectivity index (χ3n) is 9.44. The van der Waals surface area contributed by atoms with E-state index in [1.807, 2.05) is 6.07 Å². The molecule has 1 aliphatic carbocycles. The van der Waals surface area contributed by atoms with Crippen molar-refractivity contribution in [3.8, 4) is 11.5 Å². The van der Waals surface area contributed by atoms with Gasteiger partial charge in [-0.15, -0.1) is 0 Å². The van der Waals surface area contributed by atoms with E-state index in [2.05, 4.69) is 39.6 Å². The van der Waals surface area contributed by atoms with Gasteiger partial charge in [0, 0.05) is 29.2 Å². The maximum Gasteiger partial charge on any atom is 0.490 e. The van der Waals surface area contributed by atoms with Crippen molar-refractivity contribution in [2.75, 3.05) is 46.2 Å². The summed E-state index contributed by atoms with van der Waals surface area (Å²) in [6.07, 6.45) is -3.84. The smallest absolute Gasteiger partial charge is 0.490 e. The molecule has 5 rings (SSSR count). The van der Waals surface area contributed by atoms with Crippen LogP contribution < -0.4 is 20.1 Å². The van der Waals surface area contributed by atoms with Crippen LogP contribution in [0.2, 0.25) is 0 Å². The fourth-order valence-electron chi connectivity index (χ4n) is 7.09. The second-order valence-electron chi connectivity index (χ2n) is 12.2. The number of piperidine rings is 1. The van der Waals surface area contributed by atoms with Crippen LogP contribution in [-0.2, 0) is 16.4 Å². The zero-order valence-electron chi connectivity index (χ0n) is 26.4. The molecule has 260 valence electrons. The van der Waals surface area contributed by atoms with Gasteiger partial charge in [0.05, 0.1) is 19.8 Å². The van der Waals surface area contributed by atoms with Gasteiger partial charge in [-0.05, 0) is 101 Å². The van der Waals surface area contributed by atoms with Gasteiger partial charge in [-0.3, -0.25) is 4.90 Å². The number of halogens is 6. The number of carbonyl (C=O) groups excluding carboxylic acids is 1. The summed E-state index contributed by atoms with van der Waals surface area (Å²) in [6, 6.07) is 11.1. The lowest BCUT2D eigenvalue weighted by Crippen LogP contribution is -2.56. The molecule has 1 saturated carbocycles. The predicted molar refractivity (Wildman–Crippen MR) is 162 cm³/mol. The zero-order chi connectivity index (χ0) is 34.6. The molecule has 0 radical (unpaired) electrons. The fraction of sp³-hybridized carbons (Fsp3) is 0.562. The van der Waals surface area contributed by atoms with E-state index in [0.29, 0.717) is 17.5 Å². The lowest BCUT2D eigenvalue weighted by Gasteiger charge is -2.48. The largest absolute Gasteiger partial charge is 0.493 e. The van der Waals surface area contributed by atoms with Crippen LogP contribution in [0, 0.1) is 0 Å². The third kappa shape index (κ3) is 8.61. The van der Waals surface area contributed by atoms with E-state index >= 15 is 0 Å². The Morgan fingerprint density at radius 3 is 2.17 bits per heavy atom. The molecule has 0 bridgehead atoms. The van der Waals surface area contributed by atoms with Crippen LogP contribution in [0.1, 0.15) is 49.7 Å². The maximum absolute atomic E-state index is 13.1. The third-order valence-corrected chi connectivity index (χ3v) is 9.44. The molecule has 0 aromatic heterocycles. The summed E-state index contributed by atoms with van der Waals surface area (Å²) in [6.45, 7) is 3.13. The Balaban J connectivity index is 0.000000644. The fourth-order valence-corrected chi connectivity index (χ4v) is 7.09. The lowest BCUT2D eigenvalue weighted by molar-refractivity contribution is -0.192. The molecular formula is C32H40F6N4O5. The summed E-state index contributed by atoms with van der Waals surface area (Å²) in [7, 11) is 5.45. The molecule has 3 atom stereocenters. The number of hydrogen-bond acceptors (Lipinski definition) is 6. The molecule has 3 aliphatic rings. The number of nitrogens with zero attached hydrogens (tertiary/aromatic N) is 2. The van der Waals surface area contributed by atoms with Crippen LogP contribution in [0.25, 0.3) is 0 Å². The molecule has 15 heteroatoms. The van der Waals surface area contributed by atoms with Crippen LogP contribution in [-0.4, -0.2) is 92.1 Å². The number of rotatable bonds is 6. The highest BCUT2D eigenvalue weighted by Crippen LogP contribution is 2.51. The molecule has 2 aliphatic heterocycles. The van der Waals surface area contributed by atoms with Gasteiger partial charge >= 0.3 is 24.4 Å². The van der Waals surface area contributed by atoms with Gasteiger partial charge in [-0.25, -0.2) is 9.59 Å². The Bertz CT molecular complexity index is 1400. The molecule has 2 aromatic carbocycles. The van der Waals surface area contributed by atoms with E-state index in [0.717, 1.165) is 70.3 Å². The number of ether oxygens (including phenoxy) is 2. The van der Waals surface area contributed by atoms with E-state index in [1.165, 1.54) is 17.7 Å². The van der Waals surface area contributed by atoms with Crippen LogP contribution in [0.15, 0.2) is 42.5 Å². The van der Waals surface area contributed by atoms with Crippen molar-refractivity contribution in [3.63, 3.8) is 0 Å². The number of carbonyl (C=O) groups is 2. The van der Waals surface area contributed by atoms with Crippen molar-refractivity contribution in [2.45, 2.75) is 74.4 Å². The molecule has 3 fully saturated rings. The van der Waals surface area contributed by atoms with E-state index in [1.54, 1.807) is 14.2 Å². The Morgan fingerprint density at radius 2 is 1.57 bits per heavy atom. The monoisotopic (exact) mass is 674 g/mol. The molecule has 9 nitrogen and oxygen atoms in total. The molecule has 2 heterocycles. The minimum Gasteiger partial charge on any atom is -0.493 e. The second-order valence-corrected chi connectivity index (χ2v) is 12.2. The first kappa shape index (κ1) is 36.1. The van der Waals surface area contributed by atoms with E-state index in [4.69, 9.17) is 19.4 Å². The van der Waals surface area contributed by atoms with Crippen molar-refractivity contribution in [2.24, 2.45) is 0 Å². The van der Waals surface area contributed by atoms with Gasteiger partial charge in [0.2, 0.25) is 0 Å². The van der Waals surface area contributed by atoms with Crippen molar-refractivity contribution in [3.05, 3.63) is 53.6 Å². The lowest BCUT2D eigenvalue weighted by atomic mass is 9.65.